The zero-order valence-corrected chi connectivity index (χ0v) is 13.1. The lowest BCUT2D eigenvalue weighted by Crippen LogP contribution is -2.33. The Kier molecular flexibility index (Phi) is 5.08. The minimum absolute atomic E-state index is 0.326. The van der Waals surface area contributed by atoms with E-state index in [1.807, 2.05) is 19.2 Å². The maximum absolute atomic E-state index is 4.56. The summed E-state index contributed by atoms with van der Waals surface area (Å²) in [5.41, 5.74) is 0. The van der Waals surface area contributed by atoms with Crippen LogP contribution in [0.4, 0.5) is 11.9 Å². The van der Waals surface area contributed by atoms with E-state index in [0.29, 0.717) is 23.9 Å². The second kappa shape index (κ2) is 7.01. The first-order valence-corrected chi connectivity index (χ1v) is 7.42. The highest BCUT2D eigenvalue weighted by Gasteiger charge is 2.16. The van der Waals surface area contributed by atoms with E-state index in [1.54, 1.807) is 10.9 Å². The first kappa shape index (κ1) is 15.2. The Balaban J connectivity index is 2.44. The minimum Gasteiger partial charge on any atom is -0.354 e. The molecule has 7 heteroatoms. The molecule has 2 heterocycles. The van der Waals surface area contributed by atoms with Crippen LogP contribution in [0, 0.1) is 0 Å². The van der Waals surface area contributed by atoms with Gasteiger partial charge in [-0.2, -0.15) is 20.1 Å². The lowest BCUT2D eigenvalue weighted by Gasteiger charge is -2.26. The van der Waals surface area contributed by atoms with E-state index in [2.05, 4.69) is 51.0 Å². The highest BCUT2D eigenvalue weighted by atomic mass is 15.4. The van der Waals surface area contributed by atoms with Crippen LogP contribution >= 0.6 is 0 Å². The van der Waals surface area contributed by atoms with Gasteiger partial charge in [-0.25, -0.2) is 4.68 Å². The molecular formula is C14H23N7. The number of aromatic nitrogens is 5. The van der Waals surface area contributed by atoms with Crippen molar-refractivity contribution >= 4 is 11.9 Å². The maximum atomic E-state index is 4.56. The smallest absolute Gasteiger partial charge is 0.257 e. The second-order valence-electron chi connectivity index (χ2n) is 5.03. The van der Waals surface area contributed by atoms with E-state index in [-0.39, 0.29) is 0 Å². The zero-order chi connectivity index (χ0) is 15.2. The number of nitrogens with one attached hydrogen (secondary N) is 1. The molecule has 2 rings (SSSR count). The van der Waals surface area contributed by atoms with Gasteiger partial charge in [-0.15, -0.1) is 0 Å². The number of rotatable bonds is 7. The van der Waals surface area contributed by atoms with Gasteiger partial charge in [0.15, 0.2) is 0 Å². The number of hydrogen-bond acceptors (Lipinski definition) is 6. The van der Waals surface area contributed by atoms with Crippen molar-refractivity contribution in [2.75, 3.05) is 23.3 Å². The van der Waals surface area contributed by atoms with Gasteiger partial charge in [0.1, 0.15) is 0 Å². The Morgan fingerprint density at radius 2 is 2.05 bits per heavy atom. The van der Waals surface area contributed by atoms with E-state index in [1.165, 1.54) is 0 Å². The van der Waals surface area contributed by atoms with Gasteiger partial charge >= 0.3 is 0 Å². The molecule has 0 spiro atoms. The predicted molar refractivity (Wildman–Crippen MR) is 83.9 cm³/mol. The highest BCUT2D eigenvalue weighted by molar-refractivity contribution is 5.40. The highest BCUT2D eigenvalue weighted by Crippen LogP contribution is 2.16. The van der Waals surface area contributed by atoms with E-state index in [0.717, 1.165) is 19.5 Å². The molecule has 0 atom stereocenters. The van der Waals surface area contributed by atoms with Gasteiger partial charge in [0.05, 0.1) is 0 Å². The molecule has 0 radical (unpaired) electrons. The van der Waals surface area contributed by atoms with Gasteiger partial charge in [0.2, 0.25) is 11.9 Å². The first-order chi connectivity index (χ1) is 10.2. The summed E-state index contributed by atoms with van der Waals surface area (Å²) in [6.07, 6.45) is 4.58. The molecule has 2 aromatic heterocycles. The Hall–Kier alpha value is -2.18. The third-order valence-electron chi connectivity index (χ3n) is 3.00. The van der Waals surface area contributed by atoms with Crippen LogP contribution in [0.3, 0.4) is 0 Å². The summed E-state index contributed by atoms with van der Waals surface area (Å²) in [5, 5.41) is 7.35. The van der Waals surface area contributed by atoms with Crippen molar-refractivity contribution < 1.29 is 0 Å². The van der Waals surface area contributed by atoms with Gasteiger partial charge in [0, 0.05) is 31.5 Å². The second-order valence-corrected chi connectivity index (χ2v) is 5.03. The third kappa shape index (κ3) is 3.68. The van der Waals surface area contributed by atoms with Crippen LogP contribution in [0.2, 0.25) is 0 Å². The Bertz CT molecular complexity index is 550. The Labute approximate surface area is 125 Å². The quantitative estimate of drug-likeness (QED) is 0.841. The molecule has 1 N–H and O–H groups in total. The lowest BCUT2D eigenvalue weighted by atomic mass is 10.3. The van der Waals surface area contributed by atoms with E-state index < -0.39 is 0 Å². The predicted octanol–water partition coefficient (Wildman–Crippen LogP) is 2.11. The summed E-state index contributed by atoms with van der Waals surface area (Å²) in [5.74, 6) is 1.79. The molecule has 0 fully saturated rings. The SMILES string of the molecule is CCCN(c1nc(NCC)nc(-n2cccn2)n1)C(C)C. The van der Waals surface area contributed by atoms with Crippen LogP contribution in [-0.2, 0) is 0 Å². The van der Waals surface area contributed by atoms with E-state index in [4.69, 9.17) is 0 Å². The molecule has 0 aliphatic heterocycles. The van der Waals surface area contributed by atoms with Gasteiger partial charge in [-0.1, -0.05) is 6.92 Å². The molecule has 2 aromatic rings. The fourth-order valence-electron chi connectivity index (χ4n) is 2.04. The molecule has 0 unspecified atom stereocenters. The lowest BCUT2D eigenvalue weighted by molar-refractivity contribution is 0.644. The number of anilines is 2. The fraction of sp³-hybridized carbons (Fsp3) is 0.571. The van der Waals surface area contributed by atoms with Crippen molar-refractivity contribution in [3.63, 3.8) is 0 Å². The summed E-state index contributed by atoms with van der Waals surface area (Å²) in [6.45, 7) is 10.1. The summed E-state index contributed by atoms with van der Waals surface area (Å²) in [6, 6.07) is 2.18. The number of nitrogens with zero attached hydrogens (tertiary/aromatic N) is 6. The van der Waals surface area contributed by atoms with Crippen LogP contribution in [0.25, 0.3) is 5.95 Å². The van der Waals surface area contributed by atoms with Crippen molar-refractivity contribution in [1.29, 1.82) is 0 Å². The Morgan fingerprint density at radius 1 is 1.24 bits per heavy atom. The van der Waals surface area contributed by atoms with Crippen molar-refractivity contribution in [3.05, 3.63) is 18.5 Å². The van der Waals surface area contributed by atoms with Gasteiger partial charge in [0.25, 0.3) is 5.95 Å². The molecule has 0 aliphatic carbocycles. The molecule has 0 bridgehead atoms. The molecule has 0 amide bonds. The third-order valence-corrected chi connectivity index (χ3v) is 3.00. The topological polar surface area (TPSA) is 71.8 Å². The largest absolute Gasteiger partial charge is 0.354 e. The van der Waals surface area contributed by atoms with Crippen molar-refractivity contribution in [2.24, 2.45) is 0 Å². The monoisotopic (exact) mass is 289 g/mol. The van der Waals surface area contributed by atoms with Crippen LogP contribution in [-0.4, -0.2) is 43.9 Å². The summed E-state index contributed by atoms with van der Waals surface area (Å²) >= 11 is 0. The minimum atomic E-state index is 0.326. The average Bonchev–Trinajstić information content (AvgIpc) is 2.98. The van der Waals surface area contributed by atoms with Crippen molar-refractivity contribution in [3.8, 4) is 5.95 Å². The average molecular weight is 289 g/mol. The Morgan fingerprint density at radius 3 is 2.62 bits per heavy atom. The molecule has 7 nitrogen and oxygen atoms in total. The standard InChI is InChI=1S/C14H23N7/c1-5-9-20(11(3)4)13-17-12(15-6-2)18-14(19-13)21-10-7-8-16-21/h7-8,10-11H,5-6,9H2,1-4H3,(H,15,17,18,19). The number of hydrogen-bond donors (Lipinski definition) is 1. The molecule has 0 saturated heterocycles. The summed E-state index contributed by atoms with van der Waals surface area (Å²) in [4.78, 5) is 15.7. The normalized spacial score (nSPS) is 10.9. The van der Waals surface area contributed by atoms with E-state index >= 15 is 0 Å². The van der Waals surface area contributed by atoms with Crippen molar-refractivity contribution in [2.45, 2.75) is 40.2 Å². The first-order valence-electron chi connectivity index (χ1n) is 7.42. The molecule has 0 aromatic carbocycles. The molecule has 0 saturated carbocycles. The van der Waals surface area contributed by atoms with Crippen LogP contribution < -0.4 is 10.2 Å². The molecule has 21 heavy (non-hydrogen) atoms. The van der Waals surface area contributed by atoms with Crippen LogP contribution in [0.5, 0.6) is 0 Å². The molecule has 114 valence electrons. The fourth-order valence-corrected chi connectivity index (χ4v) is 2.04. The van der Waals surface area contributed by atoms with Gasteiger partial charge in [-0.3, -0.25) is 0 Å². The zero-order valence-electron chi connectivity index (χ0n) is 13.1. The van der Waals surface area contributed by atoms with Gasteiger partial charge in [-0.05, 0) is 33.3 Å². The van der Waals surface area contributed by atoms with Crippen molar-refractivity contribution in [1.82, 2.24) is 24.7 Å². The van der Waals surface area contributed by atoms with Crippen LogP contribution in [0.1, 0.15) is 34.1 Å². The van der Waals surface area contributed by atoms with Gasteiger partial charge < -0.3 is 10.2 Å². The maximum Gasteiger partial charge on any atom is 0.257 e. The molecular weight excluding hydrogens is 266 g/mol. The summed E-state index contributed by atoms with van der Waals surface area (Å²) in [7, 11) is 0. The summed E-state index contributed by atoms with van der Waals surface area (Å²) < 4.78 is 1.65. The van der Waals surface area contributed by atoms with E-state index in [9.17, 15) is 0 Å². The van der Waals surface area contributed by atoms with Crippen LogP contribution in [0.15, 0.2) is 18.5 Å². The molecule has 0 aliphatic rings.